The van der Waals surface area contributed by atoms with Crippen molar-refractivity contribution in [1.29, 1.82) is 0 Å². The first-order valence-corrected chi connectivity index (χ1v) is 10.4. The van der Waals surface area contributed by atoms with Crippen LogP contribution in [-0.4, -0.2) is 30.7 Å². The fraction of sp³-hybridized carbons (Fsp3) is 0.160. The molecule has 0 aromatic heterocycles. The number of esters is 1. The molecule has 2 heterocycles. The van der Waals surface area contributed by atoms with Crippen LogP contribution < -0.4 is 20.1 Å². The number of hydrogen-bond acceptors (Lipinski definition) is 6. The number of benzene rings is 3. The molecular weight excluding hydrogens is 424 g/mol. The molecule has 0 aliphatic carbocycles. The third-order valence-electron chi connectivity index (χ3n) is 5.50. The predicted molar refractivity (Wildman–Crippen MR) is 118 cm³/mol. The van der Waals surface area contributed by atoms with Gasteiger partial charge in [0.1, 0.15) is 0 Å². The standard InChI is InChI=1S/C25H20N2O6/c28-23(26-13-15-9-10-20-21(11-15)32-14-31-20)18-7-3-4-8-19(18)27-24(29)22-12-16-5-1-2-6-17(16)25(30)33-22/h1-11,22H,12-14H2,(H,26,28)(H,27,29). The van der Waals surface area contributed by atoms with Gasteiger partial charge in [0.25, 0.3) is 11.8 Å². The van der Waals surface area contributed by atoms with Crippen LogP contribution in [0.25, 0.3) is 0 Å². The van der Waals surface area contributed by atoms with Crippen molar-refractivity contribution < 1.29 is 28.6 Å². The topological polar surface area (TPSA) is 103 Å². The minimum absolute atomic E-state index is 0.181. The smallest absolute Gasteiger partial charge is 0.339 e. The highest BCUT2D eigenvalue weighted by Gasteiger charge is 2.31. The number of carbonyl (C=O) groups excluding carboxylic acids is 3. The van der Waals surface area contributed by atoms with E-state index in [1.54, 1.807) is 48.5 Å². The number of rotatable bonds is 5. The lowest BCUT2D eigenvalue weighted by Crippen LogP contribution is -2.38. The van der Waals surface area contributed by atoms with E-state index in [1.807, 2.05) is 18.2 Å². The molecule has 3 aromatic carbocycles. The van der Waals surface area contributed by atoms with Gasteiger partial charge in [-0.3, -0.25) is 9.59 Å². The van der Waals surface area contributed by atoms with Gasteiger partial charge in [0.05, 0.1) is 16.8 Å². The summed E-state index contributed by atoms with van der Waals surface area (Å²) in [6.07, 6.45) is -0.705. The Morgan fingerprint density at radius 1 is 0.939 bits per heavy atom. The first-order chi connectivity index (χ1) is 16.1. The molecule has 0 spiro atoms. The van der Waals surface area contributed by atoms with E-state index in [1.165, 1.54) is 0 Å². The van der Waals surface area contributed by atoms with Gasteiger partial charge in [-0.2, -0.15) is 0 Å². The Hall–Kier alpha value is -4.33. The number of ether oxygens (including phenoxy) is 3. The first-order valence-electron chi connectivity index (χ1n) is 10.4. The third kappa shape index (κ3) is 4.23. The Labute approximate surface area is 189 Å². The lowest BCUT2D eigenvalue weighted by Gasteiger charge is -2.24. The molecule has 0 fully saturated rings. The predicted octanol–water partition coefficient (Wildman–Crippen LogP) is 3.07. The summed E-state index contributed by atoms with van der Waals surface area (Å²) in [6, 6.07) is 19.2. The van der Waals surface area contributed by atoms with E-state index in [0.717, 1.165) is 11.1 Å². The number of anilines is 1. The van der Waals surface area contributed by atoms with Crippen LogP contribution in [0.3, 0.4) is 0 Å². The highest BCUT2D eigenvalue weighted by molar-refractivity contribution is 6.05. The Balaban J connectivity index is 1.26. The van der Waals surface area contributed by atoms with E-state index in [9.17, 15) is 14.4 Å². The van der Waals surface area contributed by atoms with E-state index in [0.29, 0.717) is 28.3 Å². The van der Waals surface area contributed by atoms with Crippen LogP contribution in [0.1, 0.15) is 31.8 Å². The van der Waals surface area contributed by atoms with Crippen LogP contribution in [0.15, 0.2) is 66.7 Å². The van der Waals surface area contributed by atoms with Gasteiger partial charge in [-0.1, -0.05) is 36.4 Å². The number of nitrogens with one attached hydrogen (secondary N) is 2. The first kappa shape index (κ1) is 20.6. The number of amides is 2. The molecule has 5 rings (SSSR count). The van der Waals surface area contributed by atoms with Crippen molar-refractivity contribution in [3.05, 3.63) is 89.0 Å². The molecule has 1 unspecified atom stereocenters. The molecule has 8 nitrogen and oxygen atoms in total. The summed E-state index contributed by atoms with van der Waals surface area (Å²) in [5.41, 5.74) is 2.70. The molecule has 2 aliphatic heterocycles. The minimum atomic E-state index is -0.975. The van der Waals surface area contributed by atoms with Gasteiger partial charge in [-0.25, -0.2) is 4.79 Å². The number of para-hydroxylation sites is 1. The molecule has 2 amide bonds. The van der Waals surface area contributed by atoms with E-state index in [2.05, 4.69) is 10.6 Å². The van der Waals surface area contributed by atoms with Crippen LogP contribution in [-0.2, 0) is 22.5 Å². The molecule has 166 valence electrons. The Bertz CT molecular complexity index is 1260. The second-order valence-electron chi connectivity index (χ2n) is 7.66. The average molecular weight is 444 g/mol. The summed E-state index contributed by atoms with van der Waals surface area (Å²) < 4.78 is 16.0. The molecule has 2 N–H and O–H groups in total. The van der Waals surface area contributed by atoms with Crippen molar-refractivity contribution in [3.8, 4) is 11.5 Å². The number of fused-ring (bicyclic) bond motifs is 2. The zero-order chi connectivity index (χ0) is 22.8. The van der Waals surface area contributed by atoms with E-state index in [4.69, 9.17) is 14.2 Å². The minimum Gasteiger partial charge on any atom is -0.454 e. The van der Waals surface area contributed by atoms with Gasteiger partial charge in [0, 0.05) is 13.0 Å². The quantitative estimate of drug-likeness (QED) is 0.587. The monoisotopic (exact) mass is 444 g/mol. The van der Waals surface area contributed by atoms with E-state index >= 15 is 0 Å². The molecule has 0 saturated heterocycles. The zero-order valence-corrected chi connectivity index (χ0v) is 17.5. The van der Waals surface area contributed by atoms with Crippen molar-refractivity contribution >= 4 is 23.5 Å². The number of cyclic esters (lactones) is 1. The molecule has 2 aliphatic rings. The van der Waals surface area contributed by atoms with Crippen molar-refractivity contribution in [2.45, 2.75) is 19.1 Å². The summed E-state index contributed by atoms with van der Waals surface area (Å²) in [7, 11) is 0. The van der Waals surface area contributed by atoms with E-state index < -0.39 is 18.0 Å². The van der Waals surface area contributed by atoms with Crippen molar-refractivity contribution in [2.24, 2.45) is 0 Å². The molecule has 8 heteroatoms. The van der Waals surface area contributed by atoms with Crippen molar-refractivity contribution in [3.63, 3.8) is 0 Å². The fourth-order valence-corrected chi connectivity index (χ4v) is 3.81. The third-order valence-corrected chi connectivity index (χ3v) is 5.50. The normalized spacial score (nSPS) is 15.9. The maximum Gasteiger partial charge on any atom is 0.339 e. The summed E-state index contributed by atoms with van der Waals surface area (Å²) in [5.74, 6) is -0.0719. The fourth-order valence-electron chi connectivity index (χ4n) is 3.81. The second-order valence-corrected chi connectivity index (χ2v) is 7.66. The lowest BCUT2D eigenvalue weighted by molar-refractivity contribution is -0.125. The van der Waals surface area contributed by atoms with Gasteiger partial charge in [-0.05, 0) is 41.5 Å². The van der Waals surface area contributed by atoms with Gasteiger partial charge in [-0.15, -0.1) is 0 Å². The average Bonchev–Trinajstić information content (AvgIpc) is 3.31. The molecule has 0 saturated carbocycles. The highest BCUT2D eigenvalue weighted by atomic mass is 16.7. The molecule has 0 bridgehead atoms. The summed E-state index contributed by atoms with van der Waals surface area (Å²) in [5, 5.41) is 5.58. The maximum absolute atomic E-state index is 12.8. The van der Waals surface area contributed by atoms with Gasteiger partial charge in [0.15, 0.2) is 17.6 Å². The summed E-state index contributed by atoms with van der Waals surface area (Å²) in [6.45, 7) is 0.453. The van der Waals surface area contributed by atoms with Crippen LogP contribution in [0.2, 0.25) is 0 Å². The molecule has 3 aromatic rings. The molecule has 0 radical (unpaired) electrons. The molecule has 1 atom stereocenters. The van der Waals surface area contributed by atoms with Crippen molar-refractivity contribution in [1.82, 2.24) is 5.32 Å². The summed E-state index contributed by atoms with van der Waals surface area (Å²) in [4.78, 5) is 37.9. The summed E-state index contributed by atoms with van der Waals surface area (Å²) >= 11 is 0. The van der Waals surface area contributed by atoms with E-state index in [-0.39, 0.29) is 25.7 Å². The Kier molecular flexibility index (Phi) is 5.40. The van der Waals surface area contributed by atoms with Gasteiger partial charge < -0.3 is 24.8 Å². The van der Waals surface area contributed by atoms with Gasteiger partial charge >= 0.3 is 5.97 Å². The van der Waals surface area contributed by atoms with Crippen LogP contribution in [0.5, 0.6) is 11.5 Å². The van der Waals surface area contributed by atoms with Gasteiger partial charge in [0.2, 0.25) is 6.79 Å². The number of carbonyl (C=O) groups is 3. The van der Waals surface area contributed by atoms with Crippen LogP contribution in [0.4, 0.5) is 5.69 Å². The number of hydrogen-bond donors (Lipinski definition) is 2. The lowest BCUT2D eigenvalue weighted by atomic mass is 9.98. The Morgan fingerprint density at radius 2 is 1.73 bits per heavy atom. The second kappa shape index (κ2) is 8.66. The largest absolute Gasteiger partial charge is 0.454 e. The zero-order valence-electron chi connectivity index (χ0n) is 17.5. The molecule has 33 heavy (non-hydrogen) atoms. The van der Waals surface area contributed by atoms with Crippen LogP contribution >= 0.6 is 0 Å². The maximum atomic E-state index is 12.8. The highest BCUT2D eigenvalue weighted by Crippen LogP contribution is 2.32. The SMILES string of the molecule is O=C1OC(C(=O)Nc2ccccc2C(=O)NCc2ccc3c(c2)OCO3)Cc2ccccc21. The van der Waals surface area contributed by atoms with Crippen molar-refractivity contribution in [2.75, 3.05) is 12.1 Å². The van der Waals surface area contributed by atoms with Crippen LogP contribution in [0, 0.1) is 0 Å². The molecular formula is C25H20N2O6. The Morgan fingerprint density at radius 3 is 2.64 bits per heavy atom.